The van der Waals surface area contributed by atoms with Crippen LogP contribution in [0.15, 0.2) is 13.2 Å². The molecule has 0 aromatic rings. The maximum Gasteiger partial charge on any atom is -0.0357 e. The first-order valence-electron chi connectivity index (χ1n) is 15.8. The summed E-state index contributed by atoms with van der Waals surface area (Å²) in [5.41, 5.74) is 0.496. The van der Waals surface area contributed by atoms with Crippen LogP contribution in [0.3, 0.4) is 0 Å². The average Bonchev–Trinajstić information content (AvgIpc) is 2.84. The summed E-state index contributed by atoms with van der Waals surface area (Å²) in [5.74, 6) is 0.865. The van der Waals surface area contributed by atoms with Crippen LogP contribution in [-0.2, 0) is 0 Å². The first kappa shape index (κ1) is 40.9. The molecule has 0 heteroatoms. The van der Waals surface area contributed by atoms with Gasteiger partial charge in [0.25, 0.3) is 0 Å². The molecular weight excluding hydrogens is 408 g/mol. The quantitative estimate of drug-likeness (QED) is 0.127. The lowest BCUT2D eigenvalue weighted by atomic mass is 9.79. The first-order valence-corrected chi connectivity index (χ1v) is 15.8. The highest BCUT2D eigenvalue weighted by Crippen LogP contribution is 2.29. The third-order valence-corrected chi connectivity index (χ3v) is 6.97. The van der Waals surface area contributed by atoms with Crippen molar-refractivity contribution in [3.63, 3.8) is 0 Å². The molecule has 210 valence electrons. The van der Waals surface area contributed by atoms with Crippen LogP contribution in [-0.4, -0.2) is 0 Å². The van der Waals surface area contributed by atoms with E-state index in [1.165, 1.54) is 135 Å². The second-order valence-electron chi connectivity index (χ2n) is 11.4. The number of unbranched alkanes of at least 4 members (excludes halogenated alkanes) is 17. The van der Waals surface area contributed by atoms with Crippen molar-refractivity contribution in [2.45, 2.75) is 197 Å². The summed E-state index contributed by atoms with van der Waals surface area (Å²) in [6, 6.07) is 0. The molecule has 0 saturated heterocycles. The summed E-state index contributed by atoms with van der Waals surface area (Å²) >= 11 is 0. The topological polar surface area (TPSA) is 0 Å². The fourth-order valence-electron chi connectivity index (χ4n) is 3.43. The molecule has 0 nitrogen and oxygen atoms in total. The van der Waals surface area contributed by atoms with Crippen molar-refractivity contribution in [1.29, 1.82) is 0 Å². The van der Waals surface area contributed by atoms with Crippen molar-refractivity contribution < 1.29 is 0 Å². The highest BCUT2D eigenvalue weighted by Gasteiger charge is 2.18. The van der Waals surface area contributed by atoms with E-state index in [-0.39, 0.29) is 0 Å². The Morgan fingerprint density at radius 3 is 0.853 bits per heavy atom. The van der Waals surface area contributed by atoms with Gasteiger partial charge in [0.15, 0.2) is 0 Å². The minimum atomic E-state index is 0.496. The fourth-order valence-corrected chi connectivity index (χ4v) is 3.43. The molecule has 0 aliphatic rings. The van der Waals surface area contributed by atoms with Gasteiger partial charge < -0.3 is 0 Å². The van der Waals surface area contributed by atoms with Crippen molar-refractivity contribution in [3.05, 3.63) is 13.2 Å². The molecule has 0 bridgehead atoms. The number of hydrogen-bond donors (Lipinski definition) is 0. The molecule has 0 aliphatic heterocycles. The van der Waals surface area contributed by atoms with Gasteiger partial charge in [0.05, 0.1) is 0 Å². The Kier molecular flexibility index (Phi) is 44.8. The molecule has 1 unspecified atom stereocenters. The van der Waals surface area contributed by atoms with E-state index in [0.717, 1.165) is 5.92 Å². The zero-order valence-corrected chi connectivity index (χ0v) is 26.3. The summed E-state index contributed by atoms with van der Waals surface area (Å²) in [7, 11) is 0. The van der Waals surface area contributed by atoms with Gasteiger partial charge in [-0.3, -0.25) is 0 Å². The van der Waals surface area contributed by atoms with Gasteiger partial charge in [-0.25, -0.2) is 0 Å². The van der Waals surface area contributed by atoms with Crippen LogP contribution < -0.4 is 0 Å². The van der Waals surface area contributed by atoms with Crippen molar-refractivity contribution in [2.75, 3.05) is 0 Å². The molecule has 0 amide bonds. The molecule has 0 fully saturated rings. The number of hydrogen-bond acceptors (Lipinski definition) is 0. The highest BCUT2D eigenvalue weighted by molar-refractivity contribution is 4.69. The van der Waals surface area contributed by atoms with Gasteiger partial charge >= 0.3 is 0 Å². The molecule has 1 atom stereocenters. The summed E-state index contributed by atoms with van der Waals surface area (Å²) in [6.45, 7) is 26.6. The third-order valence-electron chi connectivity index (χ3n) is 6.97. The average molecular weight is 483 g/mol. The van der Waals surface area contributed by atoms with E-state index in [2.05, 4.69) is 75.5 Å². The Hall–Kier alpha value is -0.260. The van der Waals surface area contributed by atoms with Crippen LogP contribution in [0.5, 0.6) is 0 Å². The highest BCUT2D eigenvalue weighted by atomic mass is 14.2. The molecule has 0 aliphatic carbocycles. The second-order valence-corrected chi connectivity index (χ2v) is 11.4. The Labute approximate surface area is 221 Å². The van der Waals surface area contributed by atoms with Gasteiger partial charge in [0, 0.05) is 0 Å². The molecule has 0 spiro atoms. The van der Waals surface area contributed by atoms with Gasteiger partial charge in [0.2, 0.25) is 0 Å². The lowest BCUT2D eigenvalue weighted by Gasteiger charge is -2.27. The molecule has 0 radical (unpaired) electrons. The summed E-state index contributed by atoms with van der Waals surface area (Å²) in [6.07, 6.45) is 30.1. The Balaban J connectivity index is -0.000000380. The largest absolute Gasteiger partial charge is 0.106 e. The van der Waals surface area contributed by atoms with E-state index < -0.39 is 0 Å². The van der Waals surface area contributed by atoms with E-state index in [9.17, 15) is 0 Å². The zero-order valence-electron chi connectivity index (χ0n) is 26.3. The minimum absolute atomic E-state index is 0.496. The van der Waals surface area contributed by atoms with Crippen molar-refractivity contribution in [3.8, 4) is 0 Å². The molecule has 0 rings (SSSR count). The molecule has 0 heterocycles. The monoisotopic (exact) mass is 483 g/mol. The van der Waals surface area contributed by atoms with Crippen molar-refractivity contribution >= 4 is 0 Å². The summed E-state index contributed by atoms with van der Waals surface area (Å²) < 4.78 is 0. The molecule has 0 aromatic carbocycles. The van der Waals surface area contributed by atoms with Crippen LogP contribution in [0, 0.1) is 11.3 Å². The van der Waals surface area contributed by atoms with Crippen LogP contribution in [0.2, 0.25) is 0 Å². The van der Waals surface area contributed by atoms with Crippen LogP contribution in [0.1, 0.15) is 197 Å². The minimum Gasteiger partial charge on any atom is -0.106 e. The molecule has 34 heavy (non-hydrogen) atoms. The smallest absolute Gasteiger partial charge is 0.0357 e. The second kappa shape index (κ2) is 37.3. The van der Waals surface area contributed by atoms with Crippen LogP contribution in [0.4, 0.5) is 0 Å². The van der Waals surface area contributed by atoms with E-state index in [0.29, 0.717) is 5.41 Å². The van der Waals surface area contributed by atoms with E-state index >= 15 is 0 Å². The van der Waals surface area contributed by atoms with E-state index in [4.69, 9.17) is 0 Å². The van der Waals surface area contributed by atoms with Gasteiger partial charge in [-0.1, -0.05) is 197 Å². The van der Waals surface area contributed by atoms with E-state index in [1.54, 1.807) is 0 Å². The molecular formula is C34H74. The zero-order chi connectivity index (χ0) is 26.9. The summed E-state index contributed by atoms with van der Waals surface area (Å²) in [5, 5.41) is 0. The standard InChI is InChI=1S/C24H50.2C4H10.C2H4/c1-6-7-8-9-10-11-12-13-14-15-16-17-18-19-20-21-22-23(2)24(3,4)5;2*1-3-4-2;1-2/h23H,6-22H2,1-5H3;2*3-4H2,1-2H3;1-2H2. The van der Waals surface area contributed by atoms with Gasteiger partial charge in [-0.05, 0) is 11.3 Å². The molecule has 0 saturated carbocycles. The SMILES string of the molecule is C=C.CCCC.CCCC.CCCCCCCCCCCCCCCCCCC(C)C(C)(C)C. The maximum atomic E-state index is 3.00. The Morgan fingerprint density at radius 2 is 0.647 bits per heavy atom. The molecule has 0 N–H and O–H groups in total. The maximum absolute atomic E-state index is 3.00. The predicted octanol–water partition coefficient (Wildman–Crippen LogP) is 13.7. The lowest BCUT2D eigenvalue weighted by Crippen LogP contribution is -2.16. The van der Waals surface area contributed by atoms with Gasteiger partial charge in [0.1, 0.15) is 0 Å². The normalized spacial score (nSPS) is 11.3. The predicted molar refractivity (Wildman–Crippen MR) is 165 cm³/mol. The third kappa shape index (κ3) is 45.3. The summed E-state index contributed by atoms with van der Waals surface area (Å²) in [4.78, 5) is 0. The molecule has 0 aromatic heterocycles. The lowest BCUT2D eigenvalue weighted by molar-refractivity contribution is 0.240. The van der Waals surface area contributed by atoms with Crippen LogP contribution >= 0.6 is 0 Å². The Morgan fingerprint density at radius 1 is 0.412 bits per heavy atom. The van der Waals surface area contributed by atoms with E-state index in [1.807, 2.05) is 0 Å². The number of rotatable bonds is 19. The van der Waals surface area contributed by atoms with Crippen molar-refractivity contribution in [1.82, 2.24) is 0 Å². The van der Waals surface area contributed by atoms with Crippen molar-refractivity contribution in [2.24, 2.45) is 11.3 Å². The fraction of sp³-hybridized carbons (Fsp3) is 0.941. The van der Waals surface area contributed by atoms with Crippen LogP contribution in [0.25, 0.3) is 0 Å². The van der Waals surface area contributed by atoms with Gasteiger partial charge in [-0.15, -0.1) is 13.2 Å². The van der Waals surface area contributed by atoms with Gasteiger partial charge in [-0.2, -0.15) is 0 Å². The Bertz CT molecular complexity index is 290. The first-order chi connectivity index (χ1) is 16.3.